The second-order valence-corrected chi connectivity index (χ2v) is 7.70. The van der Waals surface area contributed by atoms with E-state index in [4.69, 9.17) is 16.0 Å². The van der Waals surface area contributed by atoms with Crippen LogP contribution >= 0.6 is 11.6 Å². The quantitative estimate of drug-likeness (QED) is 0.488. The Morgan fingerprint density at radius 2 is 1.78 bits per heavy atom. The molecule has 2 heterocycles. The number of carbonyl (C=O) groups excluding carboxylic acids is 2. The van der Waals surface area contributed by atoms with E-state index in [2.05, 4.69) is 5.32 Å². The van der Waals surface area contributed by atoms with Crippen molar-refractivity contribution in [3.63, 3.8) is 0 Å². The van der Waals surface area contributed by atoms with Crippen LogP contribution in [0, 0.1) is 5.92 Å². The Bertz CT molecular complexity index is 1170. The van der Waals surface area contributed by atoms with E-state index in [-0.39, 0.29) is 17.1 Å². The van der Waals surface area contributed by atoms with Gasteiger partial charge in [0, 0.05) is 16.1 Å². The van der Waals surface area contributed by atoms with Crippen molar-refractivity contribution < 1.29 is 32.3 Å². The summed E-state index contributed by atoms with van der Waals surface area (Å²) in [5.41, 5.74) is -3.35. The average Bonchev–Trinajstić information content (AvgIpc) is 3.23. The highest BCUT2D eigenvalue weighted by Gasteiger charge is 2.66. The molecule has 0 spiro atoms. The number of alkyl halides is 3. The fourth-order valence-corrected chi connectivity index (χ4v) is 3.87. The van der Waals surface area contributed by atoms with Crippen LogP contribution in [-0.4, -0.2) is 28.8 Å². The molecule has 32 heavy (non-hydrogen) atoms. The predicted molar refractivity (Wildman–Crippen MR) is 109 cm³/mol. The SMILES string of the molecule is O=C1N[C@@H](c2ccc(-c3cccc(Cl)c3)o2)[C@H](C(=O)c2ccccc2)[C@@](O)(C(F)(F)F)N1. The zero-order valence-electron chi connectivity index (χ0n) is 16.2. The molecule has 0 aliphatic carbocycles. The largest absolute Gasteiger partial charge is 0.459 e. The molecule has 0 bridgehead atoms. The van der Waals surface area contributed by atoms with Crippen LogP contribution in [0.3, 0.4) is 0 Å². The predicted octanol–water partition coefficient (Wildman–Crippen LogP) is 4.70. The number of furan rings is 1. The number of halogens is 4. The number of amides is 2. The number of Topliss-reactive ketones (excluding diaryl/α,β-unsaturated/α-hetero) is 1. The molecule has 0 radical (unpaired) electrons. The zero-order valence-corrected chi connectivity index (χ0v) is 16.9. The van der Waals surface area contributed by atoms with Gasteiger partial charge in [-0.2, -0.15) is 13.2 Å². The highest BCUT2D eigenvalue weighted by molar-refractivity contribution is 6.30. The van der Waals surface area contributed by atoms with Crippen LogP contribution in [0.4, 0.5) is 18.0 Å². The summed E-state index contributed by atoms with van der Waals surface area (Å²) in [7, 11) is 0. The maximum atomic E-state index is 13.9. The molecular formula is C22H16ClF3N2O4. The minimum absolute atomic E-state index is 0.0651. The van der Waals surface area contributed by atoms with Crippen LogP contribution in [0.5, 0.6) is 0 Å². The summed E-state index contributed by atoms with van der Waals surface area (Å²) in [6, 6.07) is 13.7. The third kappa shape index (κ3) is 3.85. The van der Waals surface area contributed by atoms with Crippen molar-refractivity contribution in [2.75, 3.05) is 0 Å². The van der Waals surface area contributed by atoms with E-state index in [1.54, 1.807) is 30.3 Å². The molecule has 6 nitrogen and oxygen atoms in total. The lowest BCUT2D eigenvalue weighted by Gasteiger charge is -2.44. The second-order valence-electron chi connectivity index (χ2n) is 7.26. The molecule has 10 heteroatoms. The fraction of sp³-hybridized carbons (Fsp3) is 0.182. The molecule has 2 amide bonds. The summed E-state index contributed by atoms with van der Waals surface area (Å²) in [5, 5.41) is 14.8. The first-order valence-corrected chi connectivity index (χ1v) is 9.80. The summed E-state index contributed by atoms with van der Waals surface area (Å²) in [6.45, 7) is 0. The van der Waals surface area contributed by atoms with Gasteiger partial charge in [-0.05, 0) is 24.3 Å². The van der Waals surface area contributed by atoms with Crippen molar-refractivity contribution in [2.24, 2.45) is 5.92 Å². The van der Waals surface area contributed by atoms with Gasteiger partial charge in [0.05, 0.1) is 0 Å². The highest BCUT2D eigenvalue weighted by atomic mass is 35.5. The van der Waals surface area contributed by atoms with Gasteiger partial charge in [0.25, 0.3) is 0 Å². The van der Waals surface area contributed by atoms with Crippen LogP contribution in [0.25, 0.3) is 11.3 Å². The van der Waals surface area contributed by atoms with E-state index in [1.165, 1.54) is 41.7 Å². The second kappa shape index (κ2) is 7.99. The van der Waals surface area contributed by atoms with Crippen LogP contribution in [0.15, 0.2) is 71.1 Å². The first-order chi connectivity index (χ1) is 15.1. The van der Waals surface area contributed by atoms with Crippen LogP contribution in [0.1, 0.15) is 22.2 Å². The zero-order chi connectivity index (χ0) is 23.1. The minimum atomic E-state index is -5.35. The Balaban J connectivity index is 1.81. The lowest BCUT2D eigenvalue weighted by Crippen LogP contribution is -2.72. The van der Waals surface area contributed by atoms with Crippen molar-refractivity contribution in [1.29, 1.82) is 0 Å². The number of benzene rings is 2. The van der Waals surface area contributed by atoms with Crippen molar-refractivity contribution in [1.82, 2.24) is 10.6 Å². The smallest absolute Gasteiger partial charge is 0.437 e. The number of carbonyl (C=O) groups is 2. The monoisotopic (exact) mass is 464 g/mol. The standard InChI is InChI=1S/C22H16ClF3N2O4/c23-14-8-4-7-13(11-14)15-9-10-16(32-15)18-17(19(29)12-5-2-1-3-6-12)21(31,22(24,25)26)28-20(30)27-18/h1-11,17-18,31H,(H2,27,28,30)/t17-,18+,21-/m1/s1. The maximum absolute atomic E-state index is 13.9. The molecule has 1 fully saturated rings. The van der Waals surface area contributed by atoms with Crippen LogP contribution < -0.4 is 10.6 Å². The number of urea groups is 1. The molecule has 3 N–H and O–H groups in total. The first kappa shape index (κ1) is 21.9. The highest BCUT2D eigenvalue weighted by Crippen LogP contribution is 2.44. The molecule has 2 aromatic carbocycles. The average molecular weight is 465 g/mol. The summed E-state index contributed by atoms with van der Waals surface area (Å²) in [4.78, 5) is 25.2. The molecule has 166 valence electrons. The third-order valence-corrected chi connectivity index (χ3v) is 5.42. The maximum Gasteiger partial charge on any atom is 0.437 e. The van der Waals surface area contributed by atoms with Gasteiger partial charge in [-0.1, -0.05) is 54.1 Å². The van der Waals surface area contributed by atoms with E-state index in [0.717, 1.165) is 0 Å². The Morgan fingerprint density at radius 1 is 1.06 bits per heavy atom. The molecule has 3 aromatic rings. The van der Waals surface area contributed by atoms with Gasteiger partial charge in [-0.3, -0.25) is 4.79 Å². The number of hydrogen-bond donors (Lipinski definition) is 3. The van der Waals surface area contributed by atoms with E-state index >= 15 is 0 Å². The summed E-state index contributed by atoms with van der Waals surface area (Å²) >= 11 is 5.98. The van der Waals surface area contributed by atoms with Gasteiger partial charge in [-0.15, -0.1) is 0 Å². The van der Waals surface area contributed by atoms with E-state index in [9.17, 15) is 27.9 Å². The summed E-state index contributed by atoms with van der Waals surface area (Å²) < 4.78 is 47.5. The lowest BCUT2D eigenvalue weighted by atomic mass is 9.79. The van der Waals surface area contributed by atoms with Crippen LogP contribution in [0.2, 0.25) is 5.02 Å². The first-order valence-electron chi connectivity index (χ1n) is 9.43. The van der Waals surface area contributed by atoms with Crippen molar-refractivity contribution in [3.05, 3.63) is 83.1 Å². The Morgan fingerprint density at radius 3 is 2.44 bits per heavy atom. The molecule has 0 saturated carbocycles. The Kier molecular flexibility index (Phi) is 5.47. The minimum Gasteiger partial charge on any atom is -0.459 e. The molecular weight excluding hydrogens is 449 g/mol. The molecule has 0 unspecified atom stereocenters. The van der Waals surface area contributed by atoms with Crippen molar-refractivity contribution in [3.8, 4) is 11.3 Å². The van der Waals surface area contributed by atoms with E-state index in [1.807, 2.05) is 0 Å². The number of ketones is 1. The van der Waals surface area contributed by atoms with Gasteiger partial charge < -0.3 is 20.2 Å². The number of rotatable bonds is 4. The lowest BCUT2D eigenvalue weighted by molar-refractivity contribution is -0.288. The molecule has 3 atom stereocenters. The molecule has 1 aromatic heterocycles. The van der Waals surface area contributed by atoms with Gasteiger partial charge in [0.2, 0.25) is 5.72 Å². The van der Waals surface area contributed by atoms with Gasteiger partial charge in [-0.25, -0.2) is 4.79 Å². The topological polar surface area (TPSA) is 91.6 Å². The normalized spacial score (nSPS) is 23.3. The van der Waals surface area contributed by atoms with Gasteiger partial charge >= 0.3 is 12.2 Å². The van der Waals surface area contributed by atoms with Crippen molar-refractivity contribution >= 4 is 23.4 Å². The Labute approximate surface area is 185 Å². The Hall–Kier alpha value is -3.30. The summed E-state index contributed by atoms with van der Waals surface area (Å²) in [6.07, 6.45) is -5.35. The van der Waals surface area contributed by atoms with Gasteiger partial charge in [0.1, 0.15) is 23.5 Å². The van der Waals surface area contributed by atoms with Crippen molar-refractivity contribution in [2.45, 2.75) is 17.9 Å². The number of aliphatic hydroxyl groups is 1. The number of nitrogens with one attached hydrogen (secondary N) is 2. The molecule has 1 saturated heterocycles. The third-order valence-electron chi connectivity index (χ3n) is 5.19. The molecule has 1 aliphatic rings. The molecule has 1 aliphatic heterocycles. The molecule has 4 rings (SSSR count). The van der Waals surface area contributed by atoms with E-state index in [0.29, 0.717) is 10.6 Å². The summed E-state index contributed by atoms with van der Waals surface area (Å²) in [5.74, 6) is -3.06. The van der Waals surface area contributed by atoms with Gasteiger partial charge in [0.15, 0.2) is 5.78 Å². The number of hydrogen-bond acceptors (Lipinski definition) is 4. The van der Waals surface area contributed by atoms with E-state index < -0.39 is 35.7 Å². The fourth-order valence-electron chi connectivity index (χ4n) is 3.68. The van der Waals surface area contributed by atoms with Crippen LogP contribution in [-0.2, 0) is 0 Å².